The molecule has 1 nitrogen and oxygen atoms in total. The van der Waals surface area contributed by atoms with Gasteiger partial charge in [0.05, 0.1) is 0 Å². The fourth-order valence-electron chi connectivity index (χ4n) is 0.732. The third kappa shape index (κ3) is 1.36. The van der Waals surface area contributed by atoms with Crippen molar-refractivity contribution in [1.29, 1.82) is 0 Å². The Bertz CT molecular complexity index is 255. The van der Waals surface area contributed by atoms with Crippen LogP contribution in [-0.4, -0.2) is 4.98 Å². The summed E-state index contributed by atoms with van der Waals surface area (Å²) in [7, 11) is 0. The van der Waals surface area contributed by atoms with E-state index in [1.807, 2.05) is 6.92 Å². The largest absolute Gasteiger partial charge is 0.244 e. The Labute approximate surface area is 65.4 Å². The molecule has 52 valence electrons. The Morgan fingerprint density at radius 2 is 2.40 bits per heavy atom. The molecule has 0 aliphatic heterocycles. The second kappa shape index (κ2) is 2.84. The van der Waals surface area contributed by atoms with E-state index < -0.39 is 0 Å². The van der Waals surface area contributed by atoms with E-state index in [2.05, 4.69) is 11.6 Å². The van der Waals surface area contributed by atoms with Crippen LogP contribution in [-0.2, 0) is 0 Å². The van der Waals surface area contributed by atoms with Gasteiger partial charge in [-0.25, -0.2) is 4.98 Å². The van der Waals surface area contributed by atoms with Gasteiger partial charge in [-0.15, -0.1) is 0 Å². The Balaban J connectivity index is 3.21. The molecule has 0 fully saturated rings. The monoisotopic (exact) mass is 153 g/mol. The lowest BCUT2D eigenvalue weighted by atomic mass is 10.2. The average Bonchev–Trinajstić information content (AvgIpc) is 1.94. The van der Waals surface area contributed by atoms with Crippen LogP contribution >= 0.6 is 11.6 Å². The zero-order chi connectivity index (χ0) is 7.56. The Hall–Kier alpha value is -0.820. The molecule has 10 heavy (non-hydrogen) atoms. The zero-order valence-corrected chi connectivity index (χ0v) is 6.52. The molecule has 2 heteroatoms. The van der Waals surface area contributed by atoms with Gasteiger partial charge in [-0.3, -0.25) is 0 Å². The molecule has 0 atom stereocenters. The average molecular weight is 154 g/mol. The molecule has 0 spiro atoms. The summed E-state index contributed by atoms with van der Waals surface area (Å²) in [6.45, 7) is 5.62. The minimum atomic E-state index is 0.514. The highest BCUT2D eigenvalue weighted by Gasteiger charge is 1.94. The Kier molecular flexibility index (Phi) is 2.07. The van der Waals surface area contributed by atoms with Crippen molar-refractivity contribution in [3.05, 3.63) is 35.1 Å². The number of hydrogen-bond acceptors (Lipinski definition) is 1. The smallest absolute Gasteiger partial charge is 0.129 e. The van der Waals surface area contributed by atoms with Gasteiger partial charge in [-0.1, -0.05) is 24.3 Å². The molecule has 0 aromatic carbocycles. The maximum Gasteiger partial charge on any atom is 0.129 e. The van der Waals surface area contributed by atoms with E-state index in [0.717, 1.165) is 11.1 Å². The molecule has 0 aliphatic rings. The van der Waals surface area contributed by atoms with Gasteiger partial charge < -0.3 is 0 Å². The predicted molar refractivity (Wildman–Crippen MR) is 44.1 cm³/mol. The number of pyridine rings is 1. The standard InChI is InChI=1S/C8H8ClN/c1-3-7-4-8(9)10-5-6(7)2/h3-5H,1H2,2H3. The third-order valence-electron chi connectivity index (χ3n) is 1.33. The minimum Gasteiger partial charge on any atom is -0.244 e. The van der Waals surface area contributed by atoms with Crippen molar-refractivity contribution in [3.63, 3.8) is 0 Å². The van der Waals surface area contributed by atoms with Crippen LogP contribution in [0.3, 0.4) is 0 Å². The van der Waals surface area contributed by atoms with Crippen LogP contribution < -0.4 is 0 Å². The van der Waals surface area contributed by atoms with Crippen LogP contribution in [0.4, 0.5) is 0 Å². The van der Waals surface area contributed by atoms with Crippen molar-refractivity contribution < 1.29 is 0 Å². The lowest BCUT2D eigenvalue weighted by Gasteiger charge is -1.97. The SMILES string of the molecule is C=Cc1cc(Cl)ncc1C. The van der Waals surface area contributed by atoms with Crippen molar-refractivity contribution in [2.45, 2.75) is 6.92 Å². The molecule has 1 aromatic heterocycles. The van der Waals surface area contributed by atoms with Gasteiger partial charge >= 0.3 is 0 Å². The molecular weight excluding hydrogens is 146 g/mol. The minimum absolute atomic E-state index is 0.514. The molecule has 0 radical (unpaired) electrons. The van der Waals surface area contributed by atoms with Crippen LogP contribution in [0.25, 0.3) is 6.08 Å². The lowest BCUT2D eigenvalue weighted by Crippen LogP contribution is -1.82. The van der Waals surface area contributed by atoms with Crippen LogP contribution in [0.5, 0.6) is 0 Å². The number of aryl methyl sites for hydroxylation is 1. The van der Waals surface area contributed by atoms with E-state index in [1.165, 1.54) is 0 Å². The third-order valence-corrected chi connectivity index (χ3v) is 1.54. The van der Waals surface area contributed by atoms with Gasteiger partial charge in [0.2, 0.25) is 0 Å². The van der Waals surface area contributed by atoms with Crippen molar-refractivity contribution in [1.82, 2.24) is 4.98 Å². The van der Waals surface area contributed by atoms with Crippen molar-refractivity contribution in [3.8, 4) is 0 Å². The second-order valence-corrected chi connectivity index (χ2v) is 2.45. The molecule has 1 heterocycles. The molecule has 0 unspecified atom stereocenters. The summed E-state index contributed by atoms with van der Waals surface area (Å²) >= 11 is 5.64. The van der Waals surface area contributed by atoms with Crippen LogP contribution in [0.2, 0.25) is 5.15 Å². The summed E-state index contributed by atoms with van der Waals surface area (Å²) < 4.78 is 0. The lowest BCUT2D eigenvalue weighted by molar-refractivity contribution is 1.26. The van der Waals surface area contributed by atoms with Crippen molar-refractivity contribution >= 4 is 17.7 Å². The highest BCUT2D eigenvalue weighted by atomic mass is 35.5. The number of nitrogens with zero attached hydrogens (tertiary/aromatic N) is 1. The fraction of sp³-hybridized carbons (Fsp3) is 0.125. The Morgan fingerprint density at radius 1 is 1.70 bits per heavy atom. The summed E-state index contributed by atoms with van der Waals surface area (Å²) in [6, 6.07) is 1.80. The van der Waals surface area contributed by atoms with E-state index >= 15 is 0 Å². The Morgan fingerprint density at radius 3 is 2.90 bits per heavy atom. The molecule has 0 N–H and O–H groups in total. The molecule has 0 amide bonds. The molecule has 0 saturated heterocycles. The van der Waals surface area contributed by atoms with Crippen LogP contribution in [0.1, 0.15) is 11.1 Å². The summed E-state index contributed by atoms with van der Waals surface area (Å²) in [6.07, 6.45) is 3.50. The van der Waals surface area contributed by atoms with Gasteiger partial charge in [0, 0.05) is 6.20 Å². The first-order valence-corrected chi connectivity index (χ1v) is 3.36. The van der Waals surface area contributed by atoms with E-state index in [-0.39, 0.29) is 0 Å². The first-order valence-electron chi connectivity index (χ1n) is 2.98. The van der Waals surface area contributed by atoms with E-state index in [4.69, 9.17) is 11.6 Å². The number of rotatable bonds is 1. The summed E-state index contributed by atoms with van der Waals surface area (Å²) in [5.74, 6) is 0. The predicted octanol–water partition coefficient (Wildman–Crippen LogP) is 2.69. The summed E-state index contributed by atoms with van der Waals surface area (Å²) in [5.41, 5.74) is 2.14. The quantitative estimate of drug-likeness (QED) is 0.566. The normalized spacial score (nSPS) is 9.40. The van der Waals surface area contributed by atoms with Gasteiger partial charge in [-0.2, -0.15) is 0 Å². The zero-order valence-electron chi connectivity index (χ0n) is 5.76. The number of halogens is 1. The maximum absolute atomic E-state index is 5.64. The van der Waals surface area contributed by atoms with Crippen molar-refractivity contribution in [2.24, 2.45) is 0 Å². The van der Waals surface area contributed by atoms with Gasteiger partial charge in [0.25, 0.3) is 0 Å². The second-order valence-electron chi connectivity index (χ2n) is 2.07. The van der Waals surface area contributed by atoms with Gasteiger partial charge in [-0.05, 0) is 24.1 Å². The summed E-state index contributed by atoms with van der Waals surface area (Å²) in [4.78, 5) is 3.90. The number of aromatic nitrogens is 1. The summed E-state index contributed by atoms with van der Waals surface area (Å²) in [5, 5.41) is 0.514. The highest BCUT2D eigenvalue weighted by molar-refractivity contribution is 6.29. The van der Waals surface area contributed by atoms with Gasteiger partial charge in [0.15, 0.2) is 0 Å². The fourth-order valence-corrected chi connectivity index (χ4v) is 0.899. The van der Waals surface area contributed by atoms with Crippen molar-refractivity contribution in [2.75, 3.05) is 0 Å². The molecule has 1 aromatic rings. The topological polar surface area (TPSA) is 12.9 Å². The van der Waals surface area contributed by atoms with E-state index in [9.17, 15) is 0 Å². The molecular formula is C8H8ClN. The van der Waals surface area contributed by atoms with Crippen LogP contribution in [0.15, 0.2) is 18.8 Å². The first kappa shape index (κ1) is 7.29. The number of hydrogen-bond donors (Lipinski definition) is 0. The van der Waals surface area contributed by atoms with Gasteiger partial charge in [0.1, 0.15) is 5.15 Å². The van der Waals surface area contributed by atoms with Crippen LogP contribution in [0, 0.1) is 6.92 Å². The molecule has 0 saturated carbocycles. The van der Waals surface area contributed by atoms with E-state index in [1.54, 1.807) is 18.3 Å². The highest BCUT2D eigenvalue weighted by Crippen LogP contribution is 2.12. The molecule has 0 bridgehead atoms. The molecule has 1 rings (SSSR count). The molecule has 0 aliphatic carbocycles. The van der Waals surface area contributed by atoms with E-state index in [0.29, 0.717) is 5.15 Å². The first-order chi connectivity index (χ1) is 4.74. The maximum atomic E-state index is 5.64.